The van der Waals surface area contributed by atoms with E-state index in [2.05, 4.69) is 20.8 Å². The maximum Gasteiger partial charge on any atom is 0.325 e. The molecule has 0 fully saturated rings. The van der Waals surface area contributed by atoms with E-state index < -0.39 is 12.0 Å². The van der Waals surface area contributed by atoms with Gasteiger partial charge in [-0.15, -0.1) is 0 Å². The molecule has 0 heterocycles. The fraction of sp³-hybridized carbons (Fsp3) is 0.417. The molecule has 0 spiro atoms. The molecule has 3 heteroatoms. The van der Waals surface area contributed by atoms with Crippen LogP contribution >= 0.6 is 0 Å². The van der Waals surface area contributed by atoms with Gasteiger partial charge in [0.25, 0.3) is 0 Å². The molecule has 0 amide bonds. The van der Waals surface area contributed by atoms with E-state index in [-0.39, 0.29) is 5.41 Å². The monoisotopic (exact) mass is 207 g/mol. The van der Waals surface area contributed by atoms with Gasteiger partial charge < -0.3 is 10.8 Å². The van der Waals surface area contributed by atoms with Crippen molar-refractivity contribution in [2.75, 3.05) is 0 Å². The summed E-state index contributed by atoms with van der Waals surface area (Å²) in [6, 6.07) is 6.48. The Morgan fingerprint density at radius 1 is 1.27 bits per heavy atom. The van der Waals surface area contributed by atoms with Crippen LogP contribution in [-0.4, -0.2) is 11.1 Å². The molecule has 0 aliphatic rings. The SMILES string of the molecule is CC(C)(C)c1ccc(C(N)C(=O)O)cc1. The lowest BCUT2D eigenvalue weighted by atomic mass is 9.86. The molecule has 0 aromatic heterocycles. The maximum absolute atomic E-state index is 10.7. The Bertz CT molecular complexity index is 349. The van der Waals surface area contributed by atoms with E-state index in [1.54, 1.807) is 12.1 Å². The lowest BCUT2D eigenvalue weighted by Gasteiger charge is -2.19. The van der Waals surface area contributed by atoms with Gasteiger partial charge in [-0.3, -0.25) is 4.79 Å². The first-order valence-electron chi connectivity index (χ1n) is 4.91. The molecule has 1 rings (SSSR count). The van der Waals surface area contributed by atoms with Crippen molar-refractivity contribution in [3.05, 3.63) is 35.4 Å². The van der Waals surface area contributed by atoms with Crippen molar-refractivity contribution in [3.8, 4) is 0 Å². The molecule has 0 radical (unpaired) electrons. The van der Waals surface area contributed by atoms with Crippen LogP contribution in [0.2, 0.25) is 0 Å². The first kappa shape index (κ1) is 11.7. The smallest absolute Gasteiger partial charge is 0.325 e. The molecule has 0 saturated heterocycles. The summed E-state index contributed by atoms with van der Waals surface area (Å²) in [6.45, 7) is 6.33. The minimum Gasteiger partial charge on any atom is -0.480 e. The third kappa shape index (κ3) is 2.80. The second kappa shape index (κ2) is 4.03. The molecule has 1 aromatic carbocycles. The highest BCUT2D eigenvalue weighted by atomic mass is 16.4. The van der Waals surface area contributed by atoms with Gasteiger partial charge in [-0.25, -0.2) is 0 Å². The molecule has 0 aliphatic heterocycles. The first-order chi connectivity index (χ1) is 6.82. The van der Waals surface area contributed by atoms with Crippen molar-refractivity contribution in [2.45, 2.75) is 32.2 Å². The van der Waals surface area contributed by atoms with Gasteiger partial charge in [-0.1, -0.05) is 45.0 Å². The molecule has 3 nitrogen and oxygen atoms in total. The van der Waals surface area contributed by atoms with E-state index >= 15 is 0 Å². The van der Waals surface area contributed by atoms with Crippen LogP contribution in [0.25, 0.3) is 0 Å². The number of carbonyl (C=O) groups is 1. The zero-order valence-electron chi connectivity index (χ0n) is 9.32. The predicted octanol–water partition coefficient (Wildman–Crippen LogP) is 2.07. The van der Waals surface area contributed by atoms with Crippen LogP contribution in [0, 0.1) is 0 Å². The number of carboxylic acids is 1. The Kier molecular flexibility index (Phi) is 3.15. The van der Waals surface area contributed by atoms with E-state index in [4.69, 9.17) is 10.8 Å². The maximum atomic E-state index is 10.7. The highest BCUT2D eigenvalue weighted by Crippen LogP contribution is 2.23. The second-order valence-electron chi connectivity index (χ2n) is 4.69. The summed E-state index contributed by atoms with van der Waals surface area (Å²) in [5.74, 6) is -1.00. The standard InChI is InChI=1S/C12H17NO2/c1-12(2,3)9-6-4-8(5-7-9)10(13)11(14)15/h4-7,10H,13H2,1-3H3,(H,14,15). The van der Waals surface area contributed by atoms with Crippen LogP contribution in [0.1, 0.15) is 37.9 Å². The van der Waals surface area contributed by atoms with Gasteiger partial charge in [0.05, 0.1) is 0 Å². The molecule has 0 bridgehead atoms. The summed E-state index contributed by atoms with van der Waals surface area (Å²) in [4.78, 5) is 10.7. The van der Waals surface area contributed by atoms with Gasteiger partial charge in [0.2, 0.25) is 0 Å². The highest BCUT2D eigenvalue weighted by molar-refractivity contribution is 5.75. The van der Waals surface area contributed by atoms with Gasteiger partial charge in [0.15, 0.2) is 0 Å². The van der Waals surface area contributed by atoms with Crippen molar-refractivity contribution >= 4 is 5.97 Å². The molecule has 1 aromatic rings. The number of hydrogen-bond donors (Lipinski definition) is 2. The fourth-order valence-electron chi connectivity index (χ4n) is 1.33. The molecule has 15 heavy (non-hydrogen) atoms. The van der Waals surface area contributed by atoms with Crippen LogP contribution < -0.4 is 5.73 Å². The summed E-state index contributed by atoms with van der Waals surface area (Å²) in [5.41, 5.74) is 7.38. The van der Waals surface area contributed by atoms with E-state index in [1.807, 2.05) is 12.1 Å². The third-order valence-corrected chi connectivity index (χ3v) is 2.40. The molecule has 3 N–H and O–H groups in total. The third-order valence-electron chi connectivity index (χ3n) is 2.40. The lowest BCUT2D eigenvalue weighted by Crippen LogP contribution is -2.21. The largest absolute Gasteiger partial charge is 0.480 e. The van der Waals surface area contributed by atoms with Gasteiger partial charge in [0.1, 0.15) is 6.04 Å². The quantitative estimate of drug-likeness (QED) is 0.780. The summed E-state index contributed by atoms with van der Waals surface area (Å²) in [7, 11) is 0. The van der Waals surface area contributed by atoms with Gasteiger partial charge in [-0.05, 0) is 16.5 Å². The summed E-state index contributed by atoms with van der Waals surface area (Å²) < 4.78 is 0. The van der Waals surface area contributed by atoms with Gasteiger partial charge in [-0.2, -0.15) is 0 Å². The van der Waals surface area contributed by atoms with Crippen molar-refractivity contribution in [1.82, 2.24) is 0 Å². The van der Waals surface area contributed by atoms with Crippen LogP contribution in [0.5, 0.6) is 0 Å². The minimum atomic E-state index is -1.00. The number of rotatable bonds is 2. The van der Waals surface area contributed by atoms with Crippen LogP contribution in [0.4, 0.5) is 0 Å². The number of nitrogens with two attached hydrogens (primary N) is 1. The number of hydrogen-bond acceptors (Lipinski definition) is 2. The second-order valence-corrected chi connectivity index (χ2v) is 4.69. The molecule has 1 unspecified atom stereocenters. The molecular weight excluding hydrogens is 190 g/mol. The summed E-state index contributed by atoms with van der Waals surface area (Å²) >= 11 is 0. The van der Waals surface area contributed by atoms with Crippen molar-refractivity contribution in [3.63, 3.8) is 0 Å². The Morgan fingerprint density at radius 2 is 1.73 bits per heavy atom. The number of benzene rings is 1. The van der Waals surface area contributed by atoms with Gasteiger partial charge in [0, 0.05) is 0 Å². The van der Waals surface area contributed by atoms with Gasteiger partial charge >= 0.3 is 5.97 Å². The summed E-state index contributed by atoms with van der Waals surface area (Å²) in [6.07, 6.45) is 0. The Hall–Kier alpha value is -1.35. The van der Waals surface area contributed by atoms with Crippen LogP contribution in [0.15, 0.2) is 24.3 Å². The minimum absolute atomic E-state index is 0.0752. The van der Waals surface area contributed by atoms with E-state index in [9.17, 15) is 4.79 Å². The zero-order chi connectivity index (χ0) is 11.6. The molecular formula is C12H17NO2. The molecule has 0 aliphatic carbocycles. The lowest BCUT2D eigenvalue weighted by molar-refractivity contribution is -0.138. The summed E-state index contributed by atoms with van der Waals surface area (Å²) in [5, 5.41) is 8.74. The molecule has 0 saturated carbocycles. The zero-order valence-corrected chi connectivity index (χ0v) is 9.32. The normalized spacial score (nSPS) is 13.6. The average molecular weight is 207 g/mol. The van der Waals surface area contributed by atoms with E-state index in [1.165, 1.54) is 5.56 Å². The first-order valence-corrected chi connectivity index (χ1v) is 4.91. The molecule has 1 atom stereocenters. The number of aliphatic carboxylic acids is 1. The van der Waals surface area contributed by atoms with E-state index in [0.29, 0.717) is 5.56 Å². The Balaban J connectivity index is 2.95. The Morgan fingerprint density at radius 3 is 2.07 bits per heavy atom. The predicted molar refractivity (Wildman–Crippen MR) is 59.7 cm³/mol. The van der Waals surface area contributed by atoms with E-state index in [0.717, 1.165) is 0 Å². The van der Waals surface area contributed by atoms with Crippen LogP contribution in [-0.2, 0) is 10.2 Å². The van der Waals surface area contributed by atoms with Crippen LogP contribution in [0.3, 0.4) is 0 Å². The van der Waals surface area contributed by atoms with Crippen molar-refractivity contribution < 1.29 is 9.90 Å². The Labute approximate surface area is 89.9 Å². The fourth-order valence-corrected chi connectivity index (χ4v) is 1.33. The highest BCUT2D eigenvalue weighted by Gasteiger charge is 2.16. The number of carboxylic acid groups (broad SMARTS) is 1. The van der Waals surface area contributed by atoms with Crippen molar-refractivity contribution in [2.24, 2.45) is 5.73 Å². The average Bonchev–Trinajstić information content (AvgIpc) is 2.15. The molecule has 82 valence electrons. The van der Waals surface area contributed by atoms with Crippen molar-refractivity contribution in [1.29, 1.82) is 0 Å². The topological polar surface area (TPSA) is 63.3 Å².